The van der Waals surface area contributed by atoms with Crippen LogP contribution in [0.4, 0.5) is 0 Å². The van der Waals surface area contributed by atoms with Crippen molar-refractivity contribution in [2.45, 2.75) is 25.8 Å². The van der Waals surface area contributed by atoms with E-state index < -0.39 is 10.2 Å². The normalized spacial score (nSPS) is 21.2. The molecular weight excluding hydrogens is 328 g/mol. The highest BCUT2D eigenvalue weighted by molar-refractivity contribution is 9.10. The van der Waals surface area contributed by atoms with Crippen LogP contribution in [0.5, 0.6) is 0 Å². The zero-order valence-corrected chi connectivity index (χ0v) is 13.8. The van der Waals surface area contributed by atoms with Crippen LogP contribution in [0.3, 0.4) is 0 Å². The van der Waals surface area contributed by atoms with Gasteiger partial charge in [0.25, 0.3) is 10.2 Å². The maximum Gasteiger partial charge on any atom is 0.282 e. The first-order valence-electron chi connectivity index (χ1n) is 6.29. The van der Waals surface area contributed by atoms with Gasteiger partial charge in [0.2, 0.25) is 0 Å². The third-order valence-corrected chi connectivity index (χ3v) is 6.37. The van der Waals surface area contributed by atoms with Crippen molar-refractivity contribution in [2.24, 2.45) is 0 Å². The average molecular weight is 347 g/mol. The topological polar surface area (TPSA) is 40.6 Å². The third-order valence-electron chi connectivity index (χ3n) is 3.53. The van der Waals surface area contributed by atoms with E-state index in [0.717, 1.165) is 28.4 Å². The monoisotopic (exact) mass is 346 g/mol. The van der Waals surface area contributed by atoms with Crippen molar-refractivity contribution in [3.8, 4) is 0 Å². The lowest BCUT2D eigenvalue weighted by molar-refractivity contribution is 0.362. The lowest BCUT2D eigenvalue weighted by atomic mass is 10.0. The second-order valence-electron chi connectivity index (χ2n) is 5.07. The SMILES string of the molecule is Cc1cc([C@@H]2CCCN2S(=O)(=O)N(C)C)ccc1Br. The van der Waals surface area contributed by atoms with Gasteiger partial charge in [0.05, 0.1) is 6.04 Å². The number of nitrogens with zero attached hydrogens (tertiary/aromatic N) is 2. The van der Waals surface area contributed by atoms with Gasteiger partial charge in [-0.15, -0.1) is 0 Å². The molecule has 2 rings (SSSR count). The Morgan fingerprint density at radius 2 is 2.05 bits per heavy atom. The number of hydrogen-bond donors (Lipinski definition) is 0. The minimum absolute atomic E-state index is 0.0424. The third kappa shape index (κ3) is 2.86. The zero-order chi connectivity index (χ0) is 14.2. The van der Waals surface area contributed by atoms with Gasteiger partial charge in [-0.3, -0.25) is 0 Å². The van der Waals surface area contributed by atoms with Crippen molar-refractivity contribution in [3.05, 3.63) is 33.8 Å². The van der Waals surface area contributed by atoms with Crippen LogP contribution >= 0.6 is 15.9 Å². The van der Waals surface area contributed by atoms with E-state index in [-0.39, 0.29) is 6.04 Å². The van der Waals surface area contributed by atoms with E-state index >= 15 is 0 Å². The van der Waals surface area contributed by atoms with Crippen LogP contribution < -0.4 is 0 Å². The molecule has 0 N–H and O–H groups in total. The largest absolute Gasteiger partial charge is 0.282 e. The van der Waals surface area contributed by atoms with E-state index in [4.69, 9.17) is 0 Å². The zero-order valence-electron chi connectivity index (χ0n) is 11.4. The van der Waals surface area contributed by atoms with Gasteiger partial charge in [0, 0.05) is 25.1 Å². The summed E-state index contributed by atoms with van der Waals surface area (Å²) < 4.78 is 28.6. The molecule has 1 aliphatic rings. The molecule has 4 nitrogen and oxygen atoms in total. The first kappa shape index (κ1) is 15.0. The Labute approximate surface area is 123 Å². The molecule has 0 aliphatic carbocycles. The summed E-state index contributed by atoms with van der Waals surface area (Å²) >= 11 is 3.48. The molecule has 1 aromatic carbocycles. The van der Waals surface area contributed by atoms with Crippen LogP contribution in [-0.2, 0) is 10.2 Å². The fraction of sp³-hybridized carbons (Fsp3) is 0.538. The first-order chi connectivity index (χ1) is 8.84. The van der Waals surface area contributed by atoms with Gasteiger partial charge in [-0.2, -0.15) is 17.0 Å². The van der Waals surface area contributed by atoms with E-state index in [1.54, 1.807) is 18.4 Å². The van der Waals surface area contributed by atoms with E-state index in [9.17, 15) is 8.42 Å². The van der Waals surface area contributed by atoms with Gasteiger partial charge in [-0.25, -0.2) is 0 Å². The Balaban J connectivity index is 2.36. The number of aryl methyl sites for hydroxylation is 1. The van der Waals surface area contributed by atoms with Crippen molar-refractivity contribution in [2.75, 3.05) is 20.6 Å². The van der Waals surface area contributed by atoms with Crippen LogP contribution in [0.2, 0.25) is 0 Å². The summed E-state index contributed by atoms with van der Waals surface area (Å²) in [5.74, 6) is 0. The smallest absolute Gasteiger partial charge is 0.195 e. The van der Waals surface area contributed by atoms with Crippen LogP contribution in [0.1, 0.15) is 30.0 Å². The number of halogens is 1. The highest BCUT2D eigenvalue weighted by Gasteiger charge is 2.36. The molecule has 1 heterocycles. The van der Waals surface area contributed by atoms with Crippen LogP contribution in [0.25, 0.3) is 0 Å². The van der Waals surface area contributed by atoms with Crippen molar-refractivity contribution >= 4 is 26.1 Å². The van der Waals surface area contributed by atoms with Gasteiger partial charge in [0.15, 0.2) is 0 Å². The van der Waals surface area contributed by atoms with Gasteiger partial charge in [-0.1, -0.05) is 28.1 Å². The summed E-state index contributed by atoms with van der Waals surface area (Å²) in [5, 5.41) is 0. The summed E-state index contributed by atoms with van der Waals surface area (Å²) in [5.41, 5.74) is 2.20. The summed E-state index contributed by atoms with van der Waals surface area (Å²) in [4.78, 5) is 0. The van der Waals surface area contributed by atoms with Crippen molar-refractivity contribution in [1.82, 2.24) is 8.61 Å². The van der Waals surface area contributed by atoms with Gasteiger partial charge in [0.1, 0.15) is 0 Å². The fourth-order valence-corrected chi connectivity index (χ4v) is 4.01. The number of rotatable bonds is 3. The molecule has 0 amide bonds. The van der Waals surface area contributed by atoms with Crippen LogP contribution in [-0.4, -0.2) is 37.7 Å². The molecule has 106 valence electrons. The summed E-state index contributed by atoms with van der Waals surface area (Å²) in [6, 6.07) is 6.02. The Morgan fingerprint density at radius 3 is 2.63 bits per heavy atom. The summed E-state index contributed by atoms with van der Waals surface area (Å²) in [7, 11) is -0.180. The second-order valence-corrected chi connectivity index (χ2v) is 8.02. The van der Waals surface area contributed by atoms with Gasteiger partial charge >= 0.3 is 0 Å². The maximum absolute atomic E-state index is 12.3. The Kier molecular flexibility index (Phi) is 4.35. The Morgan fingerprint density at radius 1 is 1.37 bits per heavy atom. The molecule has 6 heteroatoms. The maximum atomic E-state index is 12.3. The molecule has 0 radical (unpaired) electrons. The molecule has 19 heavy (non-hydrogen) atoms. The first-order valence-corrected chi connectivity index (χ1v) is 8.48. The fourth-order valence-electron chi connectivity index (χ4n) is 2.43. The molecule has 1 aliphatic heterocycles. The molecule has 1 aromatic rings. The second kappa shape index (κ2) is 5.52. The van der Waals surface area contributed by atoms with E-state index in [0.29, 0.717) is 6.54 Å². The number of hydrogen-bond acceptors (Lipinski definition) is 2. The lowest BCUT2D eigenvalue weighted by Crippen LogP contribution is -2.39. The van der Waals surface area contributed by atoms with E-state index in [1.807, 2.05) is 19.1 Å². The van der Waals surface area contributed by atoms with Crippen LogP contribution in [0, 0.1) is 6.92 Å². The average Bonchev–Trinajstić information content (AvgIpc) is 2.82. The molecule has 0 aromatic heterocycles. The lowest BCUT2D eigenvalue weighted by Gasteiger charge is -2.27. The van der Waals surface area contributed by atoms with E-state index in [2.05, 4.69) is 22.0 Å². The predicted molar refractivity (Wildman–Crippen MR) is 80.2 cm³/mol. The highest BCUT2D eigenvalue weighted by Crippen LogP contribution is 2.35. The quantitative estimate of drug-likeness (QED) is 0.844. The van der Waals surface area contributed by atoms with Crippen molar-refractivity contribution in [1.29, 1.82) is 0 Å². The molecule has 0 saturated carbocycles. The van der Waals surface area contributed by atoms with Gasteiger partial charge < -0.3 is 0 Å². The number of benzene rings is 1. The Hall–Kier alpha value is -0.430. The molecule has 0 spiro atoms. The van der Waals surface area contributed by atoms with Crippen molar-refractivity contribution < 1.29 is 8.42 Å². The van der Waals surface area contributed by atoms with Crippen molar-refractivity contribution in [3.63, 3.8) is 0 Å². The highest BCUT2D eigenvalue weighted by atomic mass is 79.9. The molecule has 1 fully saturated rings. The molecule has 1 atom stereocenters. The van der Waals surface area contributed by atoms with E-state index in [1.165, 1.54) is 4.31 Å². The molecule has 1 saturated heterocycles. The minimum atomic E-state index is -3.34. The van der Waals surface area contributed by atoms with Gasteiger partial charge in [-0.05, 0) is 37.0 Å². The molecule has 0 bridgehead atoms. The molecule has 0 unspecified atom stereocenters. The predicted octanol–water partition coefficient (Wildman–Crippen LogP) is 2.70. The Bertz CT molecular complexity index is 572. The summed E-state index contributed by atoms with van der Waals surface area (Å²) in [6.07, 6.45) is 1.79. The minimum Gasteiger partial charge on any atom is -0.195 e. The molecular formula is C13H19BrN2O2S. The van der Waals surface area contributed by atoms with Crippen LogP contribution in [0.15, 0.2) is 22.7 Å². The summed E-state index contributed by atoms with van der Waals surface area (Å²) in [6.45, 7) is 2.62. The standard InChI is InChI=1S/C13H19BrN2O2S/c1-10-9-11(6-7-12(10)14)13-5-4-8-16(13)19(17,18)15(2)3/h6-7,9,13H,4-5,8H2,1-3H3/t13-/m0/s1.